The lowest BCUT2D eigenvalue weighted by molar-refractivity contribution is -0.258. The topological polar surface area (TPSA) is 101 Å². The summed E-state index contributed by atoms with van der Waals surface area (Å²) in [5.74, 6) is 0.657. The zero-order valence-corrected chi connectivity index (χ0v) is 22.8. The zero-order valence-electron chi connectivity index (χ0n) is 22.8. The predicted octanol–water partition coefficient (Wildman–Crippen LogP) is 4.06. The van der Waals surface area contributed by atoms with E-state index in [1.165, 1.54) is 12.0 Å². The van der Waals surface area contributed by atoms with Gasteiger partial charge in [-0.05, 0) is 97.7 Å². The number of rotatable bonds is 2. The van der Waals surface area contributed by atoms with Crippen LogP contribution in [0.2, 0.25) is 0 Å². The highest BCUT2D eigenvalue weighted by Gasteiger charge is 2.71. The third-order valence-corrected chi connectivity index (χ3v) is 13.6. The third-order valence-electron chi connectivity index (χ3n) is 13.6. The quantitative estimate of drug-likeness (QED) is 0.376. The maximum atomic E-state index is 11.9. The molecule has 200 valence electrons. The van der Waals surface area contributed by atoms with E-state index in [9.17, 15) is 25.5 Å². The summed E-state index contributed by atoms with van der Waals surface area (Å²) in [5.41, 5.74) is -0.567. The Balaban J connectivity index is 1.62. The van der Waals surface area contributed by atoms with Gasteiger partial charge in [-0.2, -0.15) is 0 Å². The zero-order chi connectivity index (χ0) is 25.8. The fraction of sp³-hybridized carbons (Fsp3) is 0.933. The van der Waals surface area contributed by atoms with E-state index in [0.29, 0.717) is 6.42 Å². The lowest BCUT2D eigenvalue weighted by atomic mass is 9.33. The van der Waals surface area contributed by atoms with E-state index in [-0.39, 0.29) is 58.5 Å². The van der Waals surface area contributed by atoms with E-state index in [1.807, 2.05) is 0 Å². The second-order valence-electron chi connectivity index (χ2n) is 14.8. The molecule has 0 aromatic heterocycles. The molecule has 0 radical (unpaired) electrons. The molecule has 0 saturated heterocycles. The minimum atomic E-state index is -1.11. The van der Waals surface area contributed by atoms with E-state index in [0.717, 1.165) is 38.5 Å². The van der Waals surface area contributed by atoms with Crippen LogP contribution in [-0.4, -0.2) is 56.6 Å². The van der Waals surface area contributed by atoms with Crippen molar-refractivity contribution in [2.24, 2.45) is 50.7 Å². The van der Waals surface area contributed by atoms with Gasteiger partial charge in [0, 0.05) is 11.3 Å². The van der Waals surface area contributed by atoms with Crippen LogP contribution in [0.1, 0.15) is 92.9 Å². The average molecular weight is 491 g/mol. The van der Waals surface area contributed by atoms with Gasteiger partial charge in [-0.25, -0.2) is 0 Å². The molecule has 0 aromatic carbocycles. The summed E-state index contributed by atoms with van der Waals surface area (Å²) in [5, 5.41) is 54.8. The minimum Gasteiger partial charge on any atom is -0.396 e. The Morgan fingerprint density at radius 1 is 0.886 bits per heavy atom. The van der Waals surface area contributed by atoms with E-state index >= 15 is 0 Å². The number of fused-ring (bicyclic) bond motifs is 7. The first-order chi connectivity index (χ1) is 16.2. The van der Waals surface area contributed by atoms with Gasteiger partial charge in [0.25, 0.3) is 0 Å². The highest BCUT2D eigenvalue weighted by Crippen LogP contribution is 2.76. The molecule has 5 nitrogen and oxygen atoms in total. The number of aliphatic hydroxyl groups excluding tert-OH is 4. The summed E-state index contributed by atoms with van der Waals surface area (Å²) in [6.07, 6.45) is 8.06. The Morgan fingerprint density at radius 2 is 1.54 bits per heavy atom. The van der Waals surface area contributed by atoms with E-state index in [4.69, 9.17) is 0 Å². The van der Waals surface area contributed by atoms with Crippen LogP contribution in [0.25, 0.3) is 0 Å². The Hall–Kier alpha value is -0.460. The Labute approximate surface area is 212 Å². The van der Waals surface area contributed by atoms with Crippen LogP contribution in [0.4, 0.5) is 0 Å². The lowest BCUT2D eigenvalue weighted by Gasteiger charge is -2.72. The smallest absolute Gasteiger partial charge is 0.0902 e. The molecule has 0 spiro atoms. The molecule has 4 fully saturated rings. The maximum absolute atomic E-state index is 11.9. The number of hydrogen-bond acceptors (Lipinski definition) is 5. The third kappa shape index (κ3) is 3.00. The highest BCUT2D eigenvalue weighted by atomic mass is 16.3. The molecule has 5 N–H and O–H groups in total. The van der Waals surface area contributed by atoms with Gasteiger partial charge in [0.1, 0.15) is 0 Å². The molecule has 5 aliphatic carbocycles. The van der Waals surface area contributed by atoms with E-state index in [2.05, 4.69) is 47.6 Å². The Kier molecular flexibility index (Phi) is 5.82. The van der Waals surface area contributed by atoms with Gasteiger partial charge in [-0.15, -0.1) is 0 Å². The molecule has 5 aliphatic rings. The second kappa shape index (κ2) is 7.79. The molecular weight excluding hydrogens is 440 g/mol. The first kappa shape index (κ1) is 26.2. The van der Waals surface area contributed by atoms with Crippen LogP contribution in [-0.2, 0) is 0 Å². The van der Waals surface area contributed by atoms with Crippen LogP contribution in [0, 0.1) is 50.7 Å². The molecule has 0 heterocycles. The Bertz CT molecular complexity index is 888. The normalized spacial score (nSPS) is 57.3. The van der Waals surface area contributed by atoms with Crippen LogP contribution < -0.4 is 0 Å². The molecule has 11 atom stereocenters. The molecule has 0 amide bonds. The van der Waals surface area contributed by atoms with Crippen LogP contribution in [0.3, 0.4) is 0 Å². The predicted molar refractivity (Wildman–Crippen MR) is 136 cm³/mol. The SMILES string of the molecule is C[C@@H]1CC[C@@]2(C)CC[C@@]3(C)C(=CC[C@@H]4[C@@]5(C)C[C@@H](O)[C@H](O)C(CO)(CO)[C@@H]5CC[C@@]43C)[C@@H]2[C@]1(C)O. The molecule has 35 heavy (non-hydrogen) atoms. The summed E-state index contributed by atoms with van der Waals surface area (Å²) >= 11 is 0. The lowest BCUT2D eigenvalue weighted by Crippen LogP contribution is -2.70. The van der Waals surface area contributed by atoms with Crippen molar-refractivity contribution in [2.75, 3.05) is 13.2 Å². The first-order valence-electron chi connectivity index (χ1n) is 14.2. The van der Waals surface area contributed by atoms with E-state index in [1.54, 1.807) is 0 Å². The monoisotopic (exact) mass is 490 g/mol. The Morgan fingerprint density at radius 3 is 2.17 bits per heavy atom. The van der Waals surface area contributed by atoms with Crippen molar-refractivity contribution < 1.29 is 25.5 Å². The summed E-state index contributed by atoms with van der Waals surface area (Å²) < 4.78 is 0. The summed E-state index contributed by atoms with van der Waals surface area (Å²) in [7, 11) is 0. The summed E-state index contributed by atoms with van der Waals surface area (Å²) in [4.78, 5) is 0. The summed E-state index contributed by atoms with van der Waals surface area (Å²) in [6.45, 7) is 13.2. The molecule has 0 aromatic rings. The molecule has 0 bridgehead atoms. The van der Waals surface area contributed by atoms with Crippen molar-refractivity contribution in [3.05, 3.63) is 11.6 Å². The van der Waals surface area contributed by atoms with Gasteiger partial charge in [-0.1, -0.05) is 46.3 Å². The average Bonchev–Trinajstić information content (AvgIpc) is 2.79. The molecule has 5 rings (SSSR count). The van der Waals surface area contributed by atoms with Gasteiger partial charge in [-0.3, -0.25) is 0 Å². The fourth-order valence-electron chi connectivity index (χ4n) is 11.1. The molecular formula is C30H50O5. The molecule has 4 saturated carbocycles. The molecule has 0 unspecified atom stereocenters. The van der Waals surface area contributed by atoms with Gasteiger partial charge >= 0.3 is 0 Å². The van der Waals surface area contributed by atoms with Crippen molar-refractivity contribution in [1.82, 2.24) is 0 Å². The fourth-order valence-corrected chi connectivity index (χ4v) is 11.1. The minimum absolute atomic E-state index is 0.0148. The van der Waals surface area contributed by atoms with Crippen molar-refractivity contribution in [1.29, 1.82) is 0 Å². The number of hydrogen-bond donors (Lipinski definition) is 5. The van der Waals surface area contributed by atoms with Crippen molar-refractivity contribution in [3.63, 3.8) is 0 Å². The van der Waals surface area contributed by atoms with Crippen molar-refractivity contribution in [2.45, 2.75) is 111 Å². The molecule has 5 heteroatoms. The van der Waals surface area contributed by atoms with Crippen LogP contribution in [0.15, 0.2) is 11.6 Å². The van der Waals surface area contributed by atoms with Crippen LogP contribution in [0.5, 0.6) is 0 Å². The second-order valence-corrected chi connectivity index (χ2v) is 14.8. The van der Waals surface area contributed by atoms with E-state index < -0.39 is 23.2 Å². The maximum Gasteiger partial charge on any atom is 0.0902 e. The van der Waals surface area contributed by atoms with Gasteiger partial charge in [0.05, 0.1) is 31.0 Å². The van der Waals surface area contributed by atoms with Gasteiger partial charge in [0.2, 0.25) is 0 Å². The standard InChI is InChI=1S/C30H50O5/c1-18-9-11-25(2)13-14-27(4)19(23(25)29(18,6)35)7-8-21-26(3)15-20(33)24(34)30(16-31,17-32)22(26)10-12-28(21,27)5/h7,18,20-24,31-35H,8-17H2,1-6H3/t18-,20-,21-,22-,23+,24+,25+,26-,27+,28+,29-/m1/s1. The number of aliphatic hydroxyl groups is 5. The van der Waals surface area contributed by atoms with Gasteiger partial charge < -0.3 is 25.5 Å². The highest BCUT2D eigenvalue weighted by molar-refractivity contribution is 5.35. The van der Waals surface area contributed by atoms with Crippen LogP contribution >= 0.6 is 0 Å². The number of allylic oxidation sites excluding steroid dienone is 1. The van der Waals surface area contributed by atoms with Crippen molar-refractivity contribution >= 4 is 0 Å². The summed E-state index contributed by atoms with van der Waals surface area (Å²) in [6, 6.07) is 0. The molecule has 0 aliphatic heterocycles. The first-order valence-corrected chi connectivity index (χ1v) is 14.2. The van der Waals surface area contributed by atoms with Crippen molar-refractivity contribution in [3.8, 4) is 0 Å². The largest absolute Gasteiger partial charge is 0.396 e. The van der Waals surface area contributed by atoms with Gasteiger partial charge in [0.15, 0.2) is 0 Å².